The number of para-hydroxylation sites is 2. The van der Waals surface area contributed by atoms with Crippen LogP contribution in [0.15, 0.2) is 57.6 Å². The molecule has 0 aliphatic carbocycles. The van der Waals surface area contributed by atoms with Crippen LogP contribution in [0, 0.1) is 0 Å². The van der Waals surface area contributed by atoms with Crippen molar-refractivity contribution in [2.24, 2.45) is 14.1 Å². The quantitative estimate of drug-likeness (QED) is 0.565. The third-order valence-corrected chi connectivity index (χ3v) is 5.96. The number of nitrogens with one attached hydrogen (secondary N) is 1. The molecule has 0 bridgehead atoms. The second kappa shape index (κ2) is 5.22. The molecule has 1 atom stereocenters. The smallest absolute Gasteiger partial charge is 0.331 e. The zero-order valence-corrected chi connectivity index (χ0v) is 15.1. The van der Waals surface area contributed by atoms with Gasteiger partial charge < -0.3 is 9.88 Å². The number of aromatic nitrogens is 3. The predicted octanol–water partition coefficient (Wildman–Crippen LogP) is 2.60. The van der Waals surface area contributed by atoms with E-state index in [9.17, 15) is 9.59 Å². The molecule has 0 unspecified atom stereocenters. The molecule has 1 aromatic carbocycles. The Morgan fingerprint density at radius 2 is 1.85 bits per heavy atom. The van der Waals surface area contributed by atoms with E-state index in [1.54, 1.807) is 23.0 Å². The van der Waals surface area contributed by atoms with Crippen LogP contribution in [0.3, 0.4) is 0 Å². The van der Waals surface area contributed by atoms with Crippen LogP contribution in [0.5, 0.6) is 0 Å². The Morgan fingerprint density at radius 3 is 2.62 bits per heavy atom. The molecule has 1 aliphatic heterocycles. The molecule has 130 valence electrons. The number of nitrogens with zero attached hydrogens (tertiary/aromatic N) is 3. The summed E-state index contributed by atoms with van der Waals surface area (Å²) in [4.78, 5) is 26.4. The fourth-order valence-electron chi connectivity index (χ4n) is 3.78. The number of rotatable bonds is 1. The summed E-state index contributed by atoms with van der Waals surface area (Å²) in [7, 11) is 3.24. The average Bonchev–Trinajstić information content (AvgIpc) is 3.32. The highest BCUT2D eigenvalue weighted by Crippen LogP contribution is 2.41. The maximum absolute atomic E-state index is 12.7. The van der Waals surface area contributed by atoms with Crippen LogP contribution in [-0.2, 0) is 14.1 Å². The Bertz CT molecular complexity index is 1280. The van der Waals surface area contributed by atoms with Crippen LogP contribution in [0.4, 0.5) is 5.69 Å². The molecular formula is C19H16N4O2S. The van der Waals surface area contributed by atoms with Crippen LogP contribution in [-0.4, -0.2) is 13.7 Å². The van der Waals surface area contributed by atoms with Crippen molar-refractivity contribution in [3.05, 3.63) is 79.4 Å². The summed E-state index contributed by atoms with van der Waals surface area (Å²) < 4.78 is 4.77. The average molecular weight is 364 g/mol. The van der Waals surface area contributed by atoms with Crippen molar-refractivity contribution < 1.29 is 0 Å². The van der Waals surface area contributed by atoms with Crippen LogP contribution >= 0.6 is 11.3 Å². The Morgan fingerprint density at radius 1 is 1.04 bits per heavy atom. The van der Waals surface area contributed by atoms with E-state index in [1.165, 1.54) is 7.05 Å². The normalized spacial score (nSPS) is 15.5. The summed E-state index contributed by atoms with van der Waals surface area (Å²) in [6.07, 6.45) is 1.85. The standard InChI is InChI=1S/C19H16N4O2S/c1-21-16-11(18(24)22(2)19(21)25)10-23-13-7-4-3-6-12(13)20-15(17(16)23)14-8-5-9-26-14/h3-10,15,20H,1-2H3/t15-/m1/s1. The Kier molecular flexibility index (Phi) is 3.05. The van der Waals surface area contributed by atoms with Crippen molar-refractivity contribution in [1.29, 1.82) is 0 Å². The van der Waals surface area contributed by atoms with Gasteiger partial charge in [-0.05, 0) is 23.6 Å². The van der Waals surface area contributed by atoms with Crippen LogP contribution in [0.25, 0.3) is 16.6 Å². The SMILES string of the molecule is Cn1c(=O)c2cn3c(c2n(C)c1=O)[C@@H](c1cccs1)Nc1ccccc1-3. The van der Waals surface area contributed by atoms with E-state index in [0.717, 1.165) is 26.5 Å². The number of aryl methyl sites for hydroxylation is 1. The van der Waals surface area contributed by atoms with Crippen molar-refractivity contribution >= 4 is 27.9 Å². The Balaban J connectivity index is 1.98. The zero-order valence-electron chi connectivity index (χ0n) is 14.3. The highest BCUT2D eigenvalue weighted by molar-refractivity contribution is 7.10. The summed E-state index contributed by atoms with van der Waals surface area (Å²) in [6.45, 7) is 0. The Labute approximate surface area is 152 Å². The van der Waals surface area contributed by atoms with Crippen molar-refractivity contribution in [2.75, 3.05) is 5.32 Å². The third kappa shape index (κ3) is 1.86. The lowest BCUT2D eigenvalue weighted by atomic mass is 10.1. The highest BCUT2D eigenvalue weighted by atomic mass is 32.1. The molecule has 5 rings (SSSR count). The lowest BCUT2D eigenvalue weighted by Crippen LogP contribution is -2.37. The van der Waals surface area contributed by atoms with Gasteiger partial charge >= 0.3 is 5.69 Å². The van der Waals surface area contributed by atoms with E-state index in [4.69, 9.17) is 0 Å². The van der Waals surface area contributed by atoms with Crippen molar-refractivity contribution in [1.82, 2.24) is 13.7 Å². The van der Waals surface area contributed by atoms with E-state index in [-0.39, 0.29) is 17.3 Å². The van der Waals surface area contributed by atoms with Crippen LogP contribution in [0.2, 0.25) is 0 Å². The third-order valence-electron chi connectivity index (χ3n) is 5.02. The van der Waals surface area contributed by atoms with Gasteiger partial charge in [-0.3, -0.25) is 13.9 Å². The largest absolute Gasteiger partial charge is 0.370 e. The zero-order chi connectivity index (χ0) is 18.0. The first kappa shape index (κ1) is 15.2. The lowest BCUT2D eigenvalue weighted by Gasteiger charge is -2.29. The topological polar surface area (TPSA) is 61.0 Å². The molecule has 4 aromatic rings. The number of hydrogen-bond donors (Lipinski definition) is 1. The minimum Gasteiger partial charge on any atom is -0.370 e. The first-order chi connectivity index (χ1) is 12.6. The maximum atomic E-state index is 12.7. The first-order valence-electron chi connectivity index (χ1n) is 8.28. The molecule has 1 N–H and O–H groups in total. The van der Waals surface area contributed by atoms with Crippen molar-refractivity contribution in [2.45, 2.75) is 6.04 Å². The van der Waals surface area contributed by atoms with Gasteiger partial charge in [-0.2, -0.15) is 0 Å². The molecule has 4 heterocycles. The minimum atomic E-state index is -0.319. The van der Waals surface area contributed by atoms with Gasteiger partial charge in [-0.25, -0.2) is 4.79 Å². The predicted molar refractivity (Wildman–Crippen MR) is 104 cm³/mol. The number of thiophene rings is 1. The second-order valence-corrected chi connectivity index (χ2v) is 7.44. The van der Waals surface area contributed by atoms with E-state index in [1.807, 2.05) is 46.5 Å². The fraction of sp³-hybridized carbons (Fsp3) is 0.158. The molecule has 0 fully saturated rings. The molecule has 7 heteroatoms. The van der Waals surface area contributed by atoms with Gasteiger partial charge in [0, 0.05) is 25.2 Å². The number of benzene rings is 1. The van der Waals surface area contributed by atoms with Crippen LogP contribution < -0.4 is 16.6 Å². The van der Waals surface area contributed by atoms with Gasteiger partial charge in [0.2, 0.25) is 0 Å². The molecule has 0 spiro atoms. The molecular weight excluding hydrogens is 348 g/mol. The summed E-state index contributed by atoms with van der Waals surface area (Å²) in [5.74, 6) is 0. The van der Waals surface area contributed by atoms with Gasteiger partial charge in [0.25, 0.3) is 5.56 Å². The van der Waals surface area contributed by atoms with Gasteiger partial charge in [0.05, 0.1) is 28.0 Å². The molecule has 0 saturated carbocycles. The van der Waals surface area contributed by atoms with Gasteiger partial charge in [0.1, 0.15) is 6.04 Å². The van der Waals surface area contributed by atoms with Gasteiger partial charge in [0.15, 0.2) is 0 Å². The number of fused-ring (bicyclic) bond motifs is 5. The number of anilines is 1. The number of hydrogen-bond acceptors (Lipinski definition) is 4. The molecule has 3 aromatic heterocycles. The van der Waals surface area contributed by atoms with E-state index >= 15 is 0 Å². The molecule has 0 amide bonds. The first-order valence-corrected chi connectivity index (χ1v) is 9.16. The van der Waals surface area contributed by atoms with E-state index in [2.05, 4.69) is 11.4 Å². The second-order valence-electron chi connectivity index (χ2n) is 6.46. The highest BCUT2D eigenvalue weighted by Gasteiger charge is 2.31. The minimum absolute atomic E-state index is 0.125. The molecule has 1 aliphatic rings. The summed E-state index contributed by atoms with van der Waals surface area (Å²) in [6, 6.07) is 11.9. The lowest BCUT2D eigenvalue weighted by molar-refractivity contribution is 0.709. The van der Waals surface area contributed by atoms with Crippen LogP contribution in [0.1, 0.15) is 16.6 Å². The Hall–Kier alpha value is -3.06. The van der Waals surface area contributed by atoms with Gasteiger partial charge in [-0.15, -0.1) is 11.3 Å². The monoisotopic (exact) mass is 364 g/mol. The molecule has 0 radical (unpaired) electrons. The maximum Gasteiger partial charge on any atom is 0.331 e. The van der Waals surface area contributed by atoms with E-state index in [0.29, 0.717) is 10.9 Å². The summed E-state index contributed by atoms with van der Waals surface area (Å²) in [5, 5.41) is 6.16. The fourth-order valence-corrected chi connectivity index (χ4v) is 4.55. The van der Waals surface area contributed by atoms with Crippen molar-refractivity contribution in [3.63, 3.8) is 0 Å². The summed E-state index contributed by atoms with van der Waals surface area (Å²) in [5.41, 5.74) is 2.98. The van der Waals surface area contributed by atoms with Crippen molar-refractivity contribution in [3.8, 4) is 5.69 Å². The molecule has 0 saturated heterocycles. The summed E-state index contributed by atoms with van der Waals surface area (Å²) >= 11 is 1.65. The molecule has 26 heavy (non-hydrogen) atoms. The van der Waals surface area contributed by atoms with Gasteiger partial charge in [-0.1, -0.05) is 18.2 Å². The van der Waals surface area contributed by atoms with E-state index < -0.39 is 0 Å². The molecule has 6 nitrogen and oxygen atoms in total.